The van der Waals surface area contributed by atoms with Crippen LogP contribution in [0.15, 0.2) is 30.5 Å². The fraction of sp³-hybridized carbons (Fsp3) is 0.353. The Morgan fingerprint density at radius 3 is 2.76 bits per heavy atom. The molecule has 4 nitrogen and oxygen atoms in total. The summed E-state index contributed by atoms with van der Waals surface area (Å²) >= 11 is 0. The Kier molecular flexibility index (Phi) is 2.54. The third-order valence-corrected chi connectivity index (χ3v) is 4.17. The third kappa shape index (κ3) is 1.90. The molecule has 1 unspecified atom stereocenters. The van der Waals surface area contributed by atoms with Crippen LogP contribution in [0.1, 0.15) is 29.3 Å². The number of fused-ring (bicyclic) bond motifs is 3. The molecule has 1 aromatic heterocycles. The average molecular weight is 282 g/mol. The number of aryl methyl sites for hydroxylation is 1. The van der Waals surface area contributed by atoms with E-state index in [1.54, 1.807) is 0 Å². The first-order valence-corrected chi connectivity index (χ1v) is 7.20. The van der Waals surface area contributed by atoms with Crippen molar-refractivity contribution in [2.24, 2.45) is 0 Å². The van der Waals surface area contributed by atoms with Crippen LogP contribution in [0, 0.1) is 6.92 Å². The normalized spacial score (nSPS) is 23.4. The Morgan fingerprint density at radius 2 is 2.00 bits per heavy atom. The van der Waals surface area contributed by atoms with E-state index < -0.39 is 5.79 Å². The van der Waals surface area contributed by atoms with Gasteiger partial charge in [0.25, 0.3) is 5.79 Å². The van der Waals surface area contributed by atoms with Crippen molar-refractivity contribution < 1.29 is 9.47 Å². The molecule has 108 valence electrons. The zero-order chi connectivity index (χ0) is 14.6. The van der Waals surface area contributed by atoms with Gasteiger partial charge in [-0.05, 0) is 37.2 Å². The van der Waals surface area contributed by atoms with E-state index in [2.05, 4.69) is 23.0 Å². The second-order valence-corrected chi connectivity index (χ2v) is 6.07. The molecule has 0 radical (unpaired) electrons. The Bertz CT molecular complexity index is 711. The number of hydrogen-bond acceptors (Lipinski definition) is 4. The first-order valence-electron chi connectivity index (χ1n) is 7.20. The van der Waals surface area contributed by atoms with Gasteiger partial charge in [-0.25, -0.2) is 0 Å². The maximum Gasteiger partial charge on any atom is 0.292 e. The van der Waals surface area contributed by atoms with Gasteiger partial charge in [0, 0.05) is 31.8 Å². The van der Waals surface area contributed by atoms with E-state index in [9.17, 15) is 0 Å². The van der Waals surface area contributed by atoms with Crippen molar-refractivity contribution in [2.75, 3.05) is 7.05 Å². The molecule has 0 aliphatic carbocycles. The fourth-order valence-electron chi connectivity index (χ4n) is 3.04. The van der Waals surface area contributed by atoms with Crippen molar-refractivity contribution in [3.05, 3.63) is 52.8 Å². The van der Waals surface area contributed by atoms with E-state index in [4.69, 9.17) is 9.47 Å². The molecule has 4 rings (SSSR count). The second-order valence-electron chi connectivity index (χ2n) is 6.07. The summed E-state index contributed by atoms with van der Waals surface area (Å²) in [6.07, 6.45) is 1.84. The van der Waals surface area contributed by atoms with Crippen molar-refractivity contribution in [3.63, 3.8) is 0 Å². The van der Waals surface area contributed by atoms with Gasteiger partial charge in [-0.2, -0.15) is 0 Å². The molecule has 2 aliphatic rings. The van der Waals surface area contributed by atoms with Crippen LogP contribution >= 0.6 is 0 Å². The predicted octanol–water partition coefficient (Wildman–Crippen LogP) is 2.98. The summed E-state index contributed by atoms with van der Waals surface area (Å²) in [6.45, 7) is 5.81. The van der Waals surface area contributed by atoms with E-state index >= 15 is 0 Å². The Labute approximate surface area is 124 Å². The summed E-state index contributed by atoms with van der Waals surface area (Å²) in [5.74, 6) is 0.849. The third-order valence-electron chi connectivity index (χ3n) is 4.17. The summed E-state index contributed by atoms with van der Waals surface area (Å²) in [6, 6.07) is 8.14. The summed E-state index contributed by atoms with van der Waals surface area (Å²) in [5, 5.41) is 0. The van der Waals surface area contributed by atoms with E-state index in [0.717, 1.165) is 35.8 Å². The topological polar surface area (TPSA) is 34.6 Å². The monoisotopic (exact) mass is 282 g/mol. The molecule has 0 saturated carbocycles. The minimum absolute atomic E-state index is 0.796. The standard InChI is InChI=1S/C17H18N2O2/c1-11-4-7-15(18-8-11)17(2)20-14-6-5-12-9-19(3)10-13(12)16(14)21-17/h4-8H,9-10H2,1-3H3. The van der Waals surface area contributed by atoms with Gasteiger partial charge in [-0.3, -0.25) is 9.88 Å². The first kappa shape index (κ1) is 12.7. The van der Waals surface area contributed by atoms with Crippen molar-refractivity contribution in [2.45, 2.75) is 32.7 Å². The lowest BCUT2D eigenvalue weighted by atomic mass is 10.1. The maximum absolute atomic E-state index is 6.20. The van der Waals surface area contributed by atoms with Crippen LogP contribution in [-0.2, 0) is 18.9 Å². The number of benzene rings is 1. The number of aromatic nitrogens is 1. The molecule has 3 heterocycles. The number of pyridine rings is 1. The maximum atomic E-state index is 6.20. The van der Waals surface area contributed by atoms with Crippen LogP contribution in [0.3, 0.4) is 0 Å². The minimum atomic E-state index is -0.841. The van der Waals surface area contributed by atoms with Crippen LogP contribution in [0.4, 0.5) is 0 Å². The quantitative estimate of drug-likeness (QED) is 0.805. The van der Waals surface area contributed by atoms with Crippen LogP contribution in [0.5, 0.6) is 11.5 Å². The zero-order valence-electron chi connectivity index (χ0n) is 12.5. The van der Waals surface area contributed by atoms with E-state index in [-0.39, 0.29) is 0 Å². The summed E-state index contributed by atoms with van der Waals surface area (Å²) < 4.78 is 12.3. The molecule has 1 aromatic carbocycles. The van der Waals surface area contributed by atoms with Gasteiger partial charge in [0.15, 0.2) is 11.5 Å². The molecular weight excluding hydrogens is 264 g/mol. The number of hydrogen-bond donors (Lipinski definition) is 0. The predicted molar refractivity (Wildman–Crippen MR) is 79.2 cm³/mol. The van der Waals surface area contributed by atoms with Gasteiger partial charge in [0.05, 0.1) is 0 Å². The molecule has 2 aliphatic heterocycles. The Morgan fingerprint density at radius 1 is 1.14 bits per heavy atom. The van der Waals surface area contributed by atoms with Gasteiger partial charge in [-0.1, -0.05) is 12.1 Å². The Balaban J connectivity index is 1.74. The Hall–Kier alpha value is -2.07. The smallest absolute Gasteiger partial charge is 0.292 e. The number of nitrogens with zero attached hydrogens (tertiary/aromatic N) is 2. The molecule has 0 spiro atoms. The molecule has 0 fully saturated rings. The number of rotatable bonds is 1. The molecule has 0 amide bonds. The SMILES string of the molecule is Cc1ccc(C2(C)Oc3ccc4c(c3O2)CN(C)C4)nc1. The molecular formula is C17H18N2O2. The van der Waals surface area contributed by atoms with Gasteiger partial charge in [-0.15, -0.1) is 0 Å². The first-order chi connectivity index (χ1) is 10.0. The van der Waals surface area contributed by atoms with Crippen molar-refractivity contribution in [1.29, 1.82) is 0 Å². The largest absolute Gasteiger partial charge is 0.443 e. The van der Waals surface area contributed by atoms with Crippen molar-refractivity contribution in [3.8, 4) is 11.5 Å². The van der Waals surface area contributed by atoms with Crippen LogP contribution < -0.4 is 9.47 Å². The highest BCUT2D eigenvalue weighted by Crippen LogP contribution is 2.48. The van der Waals surface area contributed by atoms with Gasteiger partial charge in [0.1, 0.15) is 5.69 Å². The molecule has 1 atom stereocenters. The molecule has 0 bridgehead atoms. The number of ether oxygens (including phenoxy) is 2. The molecule has 21 heavy (non-hydrogen) atoms. The van der Waals surface area contributed by atoms with Gasteiger partial charge in [0.2, 0.25) is 0 Å². The minimum Gasteiger partial charge on any atom is -0.443 e. The molecule has 2 aromatic rings. The van der Waals surface area contributed by atoms with Crippen LogP contribution in [0.2, 0.25) is 0 Å². The molecule has 4 heteroatoms. The summed E-state index contributed by atoms with van der Waals surface area (Å²) in [7, 11) is 2.11. The average Bonchev–Trinajstić information content (AvgIpc) is 2.99. The van der Waals surface area contributed by atoms with E-state index in [1.165, 1.54) is 11.1 Å². The van der Waals surface area contributed by atoms with Gasteiger partial charge < -0.3 is 9.47 Å². The molecule has 0 N–H and O–H groups in total. The summed E-state index contributed by atoms with van der Waals surface area (Å²) in [4.78, 5) is 6.74. The van der Waals surface area contributed by atoms with Crippen molar-refractivity contribution in [1.82, 2.24) is 9.88 Å². The molecule has 0 saturated heterocycles. The van der Waals surface area contributed by atoms with Crippen LogP contribution in [0.25, 0.3) is 0 Å². The zero-order valence-corrected chi connectivity index (χ0v) is 12.5. The highest BCUT2D eigenvalue weighted by molar-refractivity contribution is 5.54. The highest BCUT2D eigenvalue weighted by atomic mass is 16.7. The van der Waals surface area contributed by atoms with E-state index in [1.807, 2.05) is 38.2 Å². The van der Waals surface area contributed by atoms with Crippen LogP contribution in [-0.4, -0.2) is 16.9 Å². The lowest BCUT2D eigenvalue weighted by Gasteiger charge is -2.22. The highest BCUT2D eigenvalue weighted by Gasteiger charge is 2.42. The van der Waals surface area contributed by atoms with E-state index in [0.29, 0.717) is 0 Å². The summed E-state index contributed by atoms with van der Waals surface area (Å²) in [5.41, 5.74) is 4.48. The van der Waals surface area contributed by atoms with Gasteiger partial charge >= 0.3 is 0 Å². The fourth-order valence-corrected chi connectivity index (χ4v) is 3.04. The second kappa shape index (κ2) is 4.21. The van der Waals surface area contributed by atoms with Crippen molar-refractivity contribution >= 4 is 0 Å². The lowest BCUT2D eigenvalue weighted by Crippen LogP contribution is -2.32. The lowest BCUT2D eigenvalue weighted by molar-refractivity contribution is -0.0721.